The van der Waals surface area contributed by atoms with Crippen LogP contribution in [0, 0.1) is 17.0 Å². The molecule has 0 aliphatic heterocycles. The Labute approximate surface area is 135 Å². The van der Waals surface area contributed by atoms with E-state index in [0.717, 1.165) is 6.20 Å². The van der Waals surface area contributed by atoms with Gasteiger partial charge in [0.05, 0.1) is 5.56 Å². The second kappa shape index (κ2) is 5.37. The average Bonchev–Trinajstić information content (AvgIpc) is 3.03. The summed E-state index contributed by atoms with van der Waals surface area (Å²) in [4.78, 5) is 26.0. The van der Waals surface area contributed by atoms with E-state index in [2.05, 4.69) is 4.98 Å². The van der Waals surface area contributed by atoms with Crippen molar-refractivity contribution in [3.05, 3.63) is 51.6 Å². The molecule has 24 heavy (non-hydrogen) atoms. The zero-order chi connectivity index (χ0) is 17.6. The molecule has 0 aliphatic rings. The Morgan fingerprint density at radius 2 is 2.12 bits per heavy atom. The molecular weight excluding hydrogens is 316 g/mol. The lowest BCUT2D eigenvalue weighted by molar-refractivity contribution is -0.392. The summed E-state index contributed by atoms with van der Waals surface area (Å²) in [6.07, 6.45) is 2.58. The van der Waals surface area contributed by atoms with E-state index in [9.17, 15) is 25.1 Å². The number of aromatic nitrogens is 3. The van der Waals surface area contributed by atoms with Crippen LogP contribution in [0.25, 0.3) is 10.9 Å². The van der Waals surface area contributed by atoms with Crippen LogP contribution in [0.2, 0.25) is 0 Å². The number of rotatable bonds is 4. The van der Waals surface area contributed by atoms with Gasteiger partial charge < -0.3 is 24.9 Å². The number of nitrogens with zero attached hydrogens (tertiary/aromatic N) is 4. The maximum atomic E-state index is 11.5. The highest BCUT2D eigenvalue weighted by Crippen LogP contribution is 2.33. The highest BCUT2D eigenvalue weighted by Gasteiger charge is 2.24. The summed E-state index contributed by atoms with van der Waals surface area (Å²) in [5.41, 5.74) is 0.939. The van der Waals surface area contributed by atoms with Gasteiger partial charge in [-0.1, -0.05) is 0 Å². The van der Waals surface area contributed by atoms with Crippen molar-refractivity contribution < 1.29 is 19.9 Å². The van der Waals surface area contributed by atoms with E-state index in [0.29, 0.717) is 22.3 Å². The Morgan fingerprint density at radius 3 is 2.75 bits per heavy atom. The highest BCUT2D eigenvalue weighted by atomic mass is 16.6. The molecule has 0 atom stereocenters. The number of aromatic carboxylic acids is 1. The highest BCUT2D eigenvalue weighted by molar-refractivity contribution is 6.05. The first-order valence-corrected chi connectivity index (χ1v) is 7.01. The number of fused-ring (bicyclic) bond motifs is 1. The van der Waals surface area contributed by atoms with Gasteiger partial charge in [0.25, 0.3) is 0 Å². The van der Waals surface area contributed by atoms with Gasteiger partial charge in [0.15, 0.2) is 5.82 Å². The van der Waals surface area contributed by atoms with Crippen molar-refractivity contribution in [3.63, 3.8) is 0 Å². The van der Waals surface area contributed by atoms with Crippen molar-refractivity contribution in [2.75, 3.05) is 0 Å². The molecule has 0 radical (unpaired) electrons. The molecule has 3 aromatic rings. The van der Waals surface area contributed by atoms with Crippen LogP contribution in [0.4, 0.5) is 5.82 Å². The second-order valence-electron chi connectivity index (χ2n) is 5.42. The Bertz CT molecular complexity index is 986. The van der Waals surface area contributed by atoms with E-state index < -0.39 is 10.9 Å². The number of carbonyl (C=O) groups is 1. The number of aromatic hydroxyl groups is 1. The molecule has 0 aliphatic carbocycles. The van der Waals surface area contributed by atoms with Crippen molar-refractivity contribution in [2.24, 2.45) is 7.05 Å². The molecular formula is C15H14N4O5. The summed E-state index contributed by atoms with van der Waals surface area (Å²) in [6.45, 7) is 1.54. The van der Waals surface area contributed by atoms with Gasteiger partial charge in [0.2, 0.25) is 0 Å². The third-order valence-corrected chi connectivity index (χ3v) is 4.01. The number of aryl methyl sites for hydroxylation is 2. The van der Waals surface area contributed by atoms with Crippen molar-refractivity contribution >= 4 is 22.7 Å². The number of phenolic OH excluding ortho intramolecular Hbond substituents is 1. The van der Waals surface area contributed by atoms with Crippen LogP contribution >= 0.6 is 0 Å². The number of phenols is 1. The largest absolute Gasteiger partial charge is 0.507 e. The molecule has 0 bridgehead atoms. The van der Waals surface area contributed by atoms with Crippen molar-refractivity contribution in [1.29, 1.82) is 0 Å². The number of carboxylic acids is 1. The smallest absolute Gasteiger partial charge is 0.343 e. The van der Waals surface area contributed by atoms with Gasteiger partial charge in [-0.3, -0.25) is 0 Å². The number of carboxylic acid groups (broad SMARTS) is 1. The topological polar surface area (TPSA) is 123 Å². The SMILES string of the molecule is Cc1ncc([N+](=O)[O-])n1Cc1c(O)ccc2c1c(C(=O)O)cn2C. The molecule has 0 amide bonds. The van der Waals surface area contributed by atoms with Gasteiger partial charge in [-0.05, 0) is 17.1 Å². The Hall–Kier alpha value is -3.36. The molecule has 3 rings (SSSR count). The molecule has 2 N–H and O–H groups in total. The van der Waals surface area contributed by atoms with Gasteiger partial charge in [-0.25, -0.2) is 14.3 Å². The lowest BCUT2D eigenvalue weighted by Gasteiger charge is -2.08. The van der Waals surface area contributed by atoms with Gasteiger partial charge in [-0.2, -0.15) is 0 Å². The molecule has 1 aromatic carbocycles. The molecule has 2 heterocycles. The molecule has 2 aromatic heterocycles. The first kappa shape index (κ1) is 15.5. The minimum Gasteiger partial charge on any atom is -0.507 e. The van der Waals surface area contributed by atoms with E-state index in [1.807, 2.05) is 0 Å². The van der Waals surface area contributed by atoms with Gasteiger partial charge in [-0.15, -0.1) is 0 Å². The summed E-state index contributed by atoms with van der Waals surface area (Å²) in [7, 11) is 1.69. The Kier molecular flexibility index (Phi) is 3.48. The minimum atomic E-state index is -1.13. The summed E-state index contributed by atoms with van der Waals surface area (Å²) in [6, 6.07) is 3.05. The van der Waals surface area contributed by atoms with E-state index in [-0.39, 0.29) is 23.7 Å². The third kappa shape index (κ3) is 2.26. The monoisotopic (exact) mass is 330 g/mol. The average molecular weight is 330 g/mol. The van der Waals surface area contributed by atoms with Gasteiger partial charge >= 0.3 is 11.8 Å². The van der Waals surface area contributed by atoms with Crippen molar-refractivity contribution in [2.45, 2.75) is 13.5 Å². The third-order valence-electron chi connectivity index (χ3n) is 4.01. The predicted octanol–water partition coefficient (Wildman–Crippen LogP) is 2.04. The number of benzene rings is 1. The molecule has 0 spiro atoms. The molecule has 124 valence electrons. The summed E-state index contributed by atoms with van der Waals surface area (Å²) in [5.74, 6) is -1.09. The Morgan fingerprint density at radius 1 is 1.42 bits per heavy atom. The number of imidazole rings is 1. The lowest BCUT2D eigenvalue weighted by atomic mass is 10.0. The van der Waals surface area contributed by atoms with E-state index in [1.54, 1.807) is 24.6 Å². The molecule has 0 saturated carbocycles. The van der Waals surface area contributed by atoms with Crippen LogP contribution in [0.5, 0.6) is 5.75 Å². The molecule has 9 heteroatoms. The zero-order valence-electron chi connectivity index (χ0n) is 12.9. The van der Waals surface area contributed by atoms with Crippen LogP contribution in [0.15, 0.2) is 24.5 Å². The van der Waals surface area contributed by atoms with Crippen LogP contribution in [-0.4, -0.2) is 35.2 Å². The minimum absolute atomic E-state index is 0.0267. The maximum Gasteiger partial charge on any atom is 0.343 e. The summed E-state index contributed by atoms with van der Waals surface area (Å²) < 4.78 is 2.96. The van der Waals surface area contributed by atoms with E-state index in [1.165, 1.54) is 16.8 Å². The van der Waals surface area contributed by atoms with Gasteiger partial charge in [0, 0.05) is 36.6 Å². The predicted molar refractivity (Wildman–Crippen MR) is 84.3 cm³/mol. The molecule has 0 unspecified atom stereocenters. The fraction of sp³-hybridized carbons (Fsp3) is 0.200. The molecule has 0 saturated heterocycles. The summed E-state index contributed by atoms with van der Waals surface area (Å²) >= 11 is 0. The van der Waals surface area contributed by atoms with E-state index in [4.69, 9.17) is 0 Å². The number of nitro groups is 1. The van der Waals surface area contributed by atoms with Crippen LogP contribution in [0.3, 0.4) is 0 Å². The standard InChI is InChI=1S/C15H14N4O5/c1-8-16-5-13(19(23)24)18(8)7-9-12(20)4-3-11-14(9)10(15(21)22)6-17(11)2/h3-6,20H,7H2,1-2H3,(H,21,22). The zero-order valence-corrected chi connectivity index (χ0v) is 12.9. The second-order valence-corrected chi connectivity index (χ2v) is 5.42. The normalized spacial score (nSPS) is 11.1. The fourth-order valence-electron chi connectivity index (χ4n) is 2.82. The molecule has 9 nitrogen and oxygen atoms in total. The number of hydrogen-bond donors (Lipinski definition) is 2. The van der Waals surface area contributed by atoms with E-state index >= 15 is 0 Å². The first-order valence-electron chi connectivity index (χ1n) is 7.01. The van der Waals surface area contributed by atoms with Gasteiger partial charge in [0.1, 0.15) is 18.5 Å². The first-order chi connectivity index (χ1) is 11.3. The van der Waals surface area contributed by atoms with Crippen LogP contribution < -0.4 is 0 Å². The van der Waals surface area contributed by atoms with Crippen molar-refractivity contribution in [3.8, 4) is 5.75 Å². The summed E-state index contributed by atoms with van der Waals surface area (Å²) in [5, 5.41) is 31.1. The van der Waals surface area contributed by atoms with Crippen LogP contribution in [0.1, 0.15) is 21.7 Å². The fourth-order valence-corrected chi connectivity index (χ4v) is 2.82. The lowest BCUT2D eigenvalue weighted by Crippen LogP contribution is -2.07. The maximum absolute atomic E-state index is 11.5. The molecule has 0 fully saturated rings. The number of hydrogen-bond acceptors (Lipinski definition) is 5. The van der Waals surface area contributed by atoms with Crippen molar-refractivity contribution in [1.82, 2.24) is 14.1 Å². The van der Waals surface area contributed by atoms with Crippen LogP contribution in [-0.2, 0) is 13.6 Å². The quantitative estimate of drug-likeness (QED) is 0.557. The Balaban J connectivity index is 2.27.